The van der Waals surface area contributed by atoms with Crippen LogP contribution in [-0.4, -0.2) is 25.6 Å². The van der Waals surface area contributed by atoms with Gasteiger partial charge in [-0.25, -0.2) is 13.1 Å². The van der Waals surface area contributed by atoms with Crippen molar-refractivity contribution in [3.8, 4) is 0 Å². The smallest absolute Gasteiger partial charge is 0.212 e. The predicted octanol–water partition coefficient (Wildman–Crippen LogP) is 1.09. The summed E-state index contributed by atoms with van der Waals surface area (Å²) in [6.07, 6.45) is 2.99. The quantitative estimate of drug-likeness (QED) is 0.708. The van der Waals surface area contributed by atoms with E-state index in [0.717, 1.165) is 19.3 Å². The predicted molar refractivity (Wildman–Crippen MR) is 49.9 cm³/mol. The molecule has 0 amide bonds. The normalized spacial score (nSPS) is 21.8. The van der Waals surface area contributed by atoms with Crippen molar-refractivity contribution in [2.75, 3.05) is 11.6 Å². The highest BCUT2D eigenvalue weighted by atomic mass is 35.5. The number of nitrogens with one attached hydrogen (secondary N) is 1. The van der Waals surface area contributed by atoms with Crippen molar-refractivity contribution < 1.29 is 8.42 Å². The van der Waals surface area contributed by atoms with Crippen LogP contribution in [0.15, 0.2) is 0 Å². The second kappa shape index (κ2) is 3.52. The molecule has 0 heterocycles. The molecule has 1 rings (SSSR count). The Morgan fingerprint density at radius 3 is 2.42 bits per heavy atom. The Morgan fingerprint density at radius 2 is 2.08 bits per heavy atom. The highest BCUT2D eigenvalue weighted by Gasteiger charge is 2.35. The van der Waals surface area contributed by atoms with Crippen LogP contribution in [0.2, 0.25) is 0 Å². The Balaban J connectivity index is 2.49. The lowest BCUT2D eigenvalue weighted by atomic mass is 9.80. The number of hydrogen-bond acceptors (Lipinski definition) is 2. The third kappa shape index (κ3) is 2.61. The molecule has 0 aromatic carbocycles. The van der Waals surface area contributed by atoms with Crippen LogP contribution in [0.3, 0.4) is 0 Å². The van der Waals surface area contributed by atoms with Gasteiger partial charge in [0.15, 0.2) is 0 Å². The lowest BCUT2D eigenvalue weighted by molar-refractivity contribution is 0.248. The van der Waals surface area contributed by atoms with Gasteiger partial charge in [-0.05, 0) is 26.2 Å². The molecule has 5 heteroatoms. The van der Waals surface area contributed by atoms with Crippen LogP contribution < -0.4 is 4.72 Å². The van der Waals surface area contributed by atoms with Gasteiger partial charge in [-0.2, -0.15) is 0 Å². The maximum Gasteiger partial charge on any atom is 0.213 e. The molecule has 0 atom stereocenters. The Hall–Kier alpha value is 0.200. The van der Waals surface area contributed by atoms with E-state index < -0.39 is 10.0 Å². The maximum atomic E-state index is 11.2. The van der Waals surface area contributed by atoms with Crippen molar-refractivity contribution in [2.45, 2.75) is 31.7 Å². The van der Waals surface area contributed by atoms with E-state index >= 15 is 0 Å². The Bertz CT molecular complexity index is 246. The third-order valence-corrected chi connectivity index (χ3v) is 4.16. The standard InChI is InChI=1S/C7H14ClNO2S/c1-7(3-2-4-7)9-12(10,11)6-5-8/h9H,2-6H2,1H3. The number of alkyl halides is 1. The van der Waals surface area contributed by atoms with E-state index in [4.69, 9.17) is 11.6 Å². The summed E-state index contributed by atoms with van der Waals surface area (Å²) < 4.78 is 25.1. The highest BCUT2D eigenvalue weighted by Crippen LogP contribution is 2.31. The molecular formula is C7H14ClNO2S. The van der Waals surface area contributed by atoms with Gasteiger partial charge >= 0.3 is 0 Å². The molecule has 0 aliphatic heterocycles. The molecule has 1 saturated carbocycles. The molecule has 72 valence electrons. The van der Waals surface area contributed by atoms with E-state index in [-0.39, 0.29) is 17.2 Å². The highest BCUT2D eigenvalue weighted by molar-refractivity contribution is 7.89. The van der Waals surface area contributed by atoms with Crippen molar-refractivity contribution in [2.24, 2.45) is 0 Å². The molecule has 0 unspecified atom stereocenters. The summed E-state index contributed by atoms with van der Waals surface area (Å²) in [6.45, 7) is 1.93. The monoisotopic (exact) mass is 211 g/mol. The van der Waals surface area contributed by atoms with E-state index in [1.807, 2.05) is 6.92 Å². The first-order valence-corrected chi connectivity index (χ1v) is 6.24. The summed E-state index contributed by atoms with van der Waals surface area (Å²) in [5.41, 5.74) is -0.190. The largest absolute Gasteiger partial charge is 0.213 e. The van der Waals surface area contributed by atoms with Crippen LogP contribution in [-0.2, 0) is 10.0 Å². The maximum absolute atomic E-state index is 11.2. The van der Waals surface area contributed by atoms with E-state index in [1.165, 1.54) is 0 Å². The molecule has 1 aliphatic rings. The summed E-state index contributed by atoms with van der Waals surface area (Å²) in [6, 6.07) is 0. The first kappa shape index (κ1) is 10.3. The minimum atomic E-state index is -3.13. The molecule has 0 radical (unpaired) electrons. The molecule has 0 aromatic heterocycles. The first-order valence-electron chi connectivity index (χ1n) is 4.05. The van der Waals surface area contributed by atoms with Gasteiger partial charge in [0, 0.05) is 11.4 Å². The molecule has 0 bridgehead atoms. The topological polar surface area (TPSA) is 46.2 Å². The van der Waals surface area contributed by atoms with Gasteiger partial charge in [-0.1, -0.05) is 0 Å². The summed E-state index contributed by atoms with van der Waals surface area (Å²) in [7, 11) is -3.13. The van der Waals surface area contributed by atoms with Crippen molar-refractivity contribution in [1.29, 1.82) is 0 Å². The average molecular weight is 212 g/mol. The summed E-state index contributed by atoms with van der Waals surface area (Å²) in [5.74, 6) is 0.176. The zero-order valence-corrected chi connectivity index (χ0v) is 8.71. The molecule has 1 N–H and O–H groups in total. The van der Waals surface area contributed by atoms with Crippen LogP contribution in [0.25, 0.3) is 0 Å². The van der Waals surface area contributed by atoms with Crippen molar-refractivity contribution in [3.05, 3.63) is 0 Å². The minimum Gasteiger partial charge on any atom is -0.212 e. The summed E-state index contributed by atoms with van der Waals surface area (Å²) in [5, 5.41) is 0. The van der Waals surface area contributed by atoms with E-state index in [0.29, 0.717) is 0 Å². The van der Waals surface area contributed by atoms with Crippen molar-refractivity contribution in [1.82, 2.24) is 4.72 Å². The van der Waals surface area contributed by atoms with Crippen molar-refractivity contribution in [3.63, 3.8) is 0 Å². The minimum absolute atomic E-state index is 0.0180. The Morgan fingerprint density at radius 1 is 1.50 bits per heavy atom. The molecule has 1 fully saturated rings. The Labute approximate surface area is 78.5 Å². The molecule has 12 heavy (non-hydrogen) atoms. The van der Waals surface area contributed by atoms with E-state index in [9.17, 15) is 8.42 Å². The van der Waals surface area contributed by atoms with Gasteiger partial charge in [-0.15, -0.1) is 11.6 Å². The number of halogens is 1. The van der Waals surface area contributed by atoms with Gasteiger partial charge in [0.05, 0.1) is 5.75 Å². The molecular weight excluding hydrogens is 198 g/mol. The summed E-state index contributed by atoms with van der Waals surface area (Å²) in [4.78, 5) is 0. The molecule has 0 aromatic rings. The number of sulfonamides is 1. The second-order valence-electron chi connectivity index (χ2n) is 3.52. The molecule has 0 spiro atoms. The zero-order valence-electron chi connectivity index (χ0n) is 7.14. The lowest BCUT2D eigenvalue weighted by Gasteiger charge is -2.38. The van der Waals surface area contributed by atoms with Crippen LogP contribution in [0.4, 0.5) is 0 Å². The first-order chi connectivity index (χ1) is 5.47. The third-order valence-electron chi connectivity index (χ3n) is 2.20. The number of rotatable bonds is 4. The second-order valence-corrected chi connectivity index (χ2v) is 5.74. The van der Waals surface area contributed by atoms with Gasteiger partial charge in [0.1, 0.15) is 0 Å². The van der Waals surface area contributed by atoms with E-state index in [2.05, 4.69) is 4.72 Å². The van der Waals surface area contributed by atoms with Crippen LogP contribution in [0, 0.1) is 0 Å². The van der Waals surface area contributed by atoms with E-state index in [1.54, 1.807) is 0 Å². The average Bonchev–Trinajstić information content (AvgIpc) is 1.83. The lowest BCUT2D eigenvalue weighted by Crippen LogP contribution is -2.51. The van der Waals surface area contributed by atoms with Gasteiger partial charge in [0.25, 0.3) is 0 Å². The number of hydrogen-bond donors (Lipinski definition) is 1. The summed E-state index contributed by atoms with van der Waals surface area (Å²) >= 11 is 5.36. The van der Waals surface area contributed by atoms with Crippen LogP contribution in [0.5, 0.6) is 0 Å². The Kier molecular flexibility index (Phi) is 3.01. The van der Waals surface area contributed by atoms with Crippen molar-refractivity contribution >= 4 is 21.6 Å². The van der Waals surface area contributed by atoms with Gasteiger partial charge < -0.3 is 0 Å². The van der Waals surface area contributed by atoms with Gasteiger partial charge in [0.2, 0.25) is 10.0 Å². The molecule has 3 nitrogen and oxygen atoms in total. The zero-order chi connectivity index (χ0) is 9.24. The molecule has 1 aliphatic carbocycles. The van der Waals surface area contributed by atoms with Crippen LogP contribution in [0.1, 0.15) is 26.2 Å². The SMILES string of the molecule is CC1(NS(=O)(=O)CCCl)CCC1. The fraction of sp³-hybridized carbons (Fsp3) is 1.00. The van der Waals surface area contributed by atoms with Crippen LogP contribution >= 0.6 is 11.6 Å². The fourth-order valence-corrected chi connectivity index (χ4v) is 3.21. The fourth-order valence-electron chi connectivity index (χ4n) is 1.34. The van der Waals surface area contributed by atoms with Gasteiger partial charge in [-0.3, -0.25) is 0 Å². The molecule has 0 saturated heterocycles.